The molecule has 25 heavy (non-hydrogen) atoms. The van der Waals surface area contributed by atoms with Crippen molar-refractivity contribution in [3.8, 4) is 16.9 Å². The van der Waals surface area contributed by atoms with E-state index in [0.717, 1.165) is 5.56 Å². The number of hydrogen-bond acceptors (Lipinski definition) is 4. The van der Waals surface area contributed by atoms with Crippen LogP contribution < -0.4 is 10.1 Å². The van der Waals surface area contributed by atoms with Crippen LogP contribution in [0.5, 0.6) is 5.75 Å². The van der Waals surface area contributed by atoms with E-state index >= 15 is 0 Å². The molecule has 0 fully saturated rings. The zero-order valence-corrected chi connectivity index (χ0v) is 14.9. The third-order valence-corrected chi connectivity index (χ3v) is 4.93. The molecule has 9 heteroatoms. The van der Waals surface area contributed by atoms with Gasteiger partial charge >= 0.3 is 6.36 Å². The van der Waals surface area contributed by atoms with Gasteiger partial charge in [-0.25, -0.2) is 0 Å². The maximum absolute atomic E-state index is 12.1. The lowest BCUT2D eigenvalue weighted by Gasteiger charge is -2.08. The highest BCUT2D eigenvalue weighted by molar-refractivity contribution is 7.90. The van der Waals surface area contributed by atoms with E-state index in [2.05, 4.69) is 10.1 Å². The second-order valence-corrected chi connectivity index (χ2v) is 7.62. The summed E-state index contributed by atoms with van der Waals surface area (Å²) in [7, 11) is 0. The van der Waals surface area contributed by atoms with Crippen LogP contribution in [0.25, 0.3) is 11.1 Å². The molecular weight excluding hydrogens is 375 g/mol. The summed E-state index contributed by atoms with van der Waals surface area (Å²) in [6.07, 6.45) is -2.48. The van der Waals surface area contributed by atoms with Gasteiger partial charge in [0, 0.05) is 13.0 Å². The fourth-order valence-corrected chi connectivity index (χ4v) is 3.40. The summed E-state index contributed by atoms with van der Waals surface area (Å²) >= 11 is 0.364. The van der Waals surface area contributed by atoms with Crippen molar-refractivity contribution in [2.45, 2.75) is 12.8 Å². The summed E-state index contributed by atoms with van der Waals surface area (Å²) < 4.78 is 51.2. The molecule has 1 unspecified atom stereocenters. The number of nitrogens with one attached hydrogen (secondary N) is 1. The molecule has 0 saturated carbocycles. The first kappa shape index (κ1) is 19.6. The van der Waals surface area contributed by atoms with Crippen LogP contribution in [-0.2, 0) is 11.2 Å². The van der Waals surface area contributed by atoms with Gasteiger partial charge in [0.15, 0.2) is 0 Å². The minimum absolute atomic E-state index is 0.227. The van der Waals surface area contributed by atoms with Crippen LogP contribution in [0.4, 0.5) is 13.2 Å². The monoisotopic (exact) mass is 391 g/mol. The maximum atomic E-state index is 12.1. The Labute approximate surface area is 150 Å². The number of carbonyl (C=O) groups excluding carboxylic acids is 1. The largest absolute Gasteiger partial charge is 0.617 e. The lowest BCUT2D eigenvalue weighted by molar-refractivity contribution is -0.274. The Kier molecular flexibility index (Phi) is 6.74. The highest BCUT2D eigenvalue weighted by atomic mass is 32.2. The van der Waals surface area contributed by atoms with E-state index in [1.807, 2.05) is 0 Å². The molecule has 1 amide bonds. The second kappa shape index (κ2) is 8.59. The molecule has 1 N–H and O–H groups in total. The van der Waals surface area contributed by atoms with Crippen LogP contribution in [0.1, 0.15) is 16.1 Å². The van der Waals surface area contributed by atoms with Crippen LogP contribution in [0.2, 0.25) is 0 Å². The summed E-state index contributed by atoms with van der Waals surface area (Å²) in [5.74, 6) is 0.00963. The molecular formula is C16H16F3NO3S2. The summed E-state index contributed by atoms with van der Waals surface area (Å²) in [5.41, 5.74) is 1.43. The van der Waals surface area contributed by atoms with Crippen LogP contribution in [0.15, 0.2) is 35.7 Å². The molecule has 0 aliphatic rings. The highest BCUT2D eigenvalue weighted by Gasteiger charge is 2.30. The first-order chi connectivity index (χ1) is 11.7. The molecule has 2 rings (SSSR count). The molecule has 0 aliphatic heterocycles. The van der Waals surface area contributed by atoms with E-state index < -0.39 is 17.5 Å². The SMILES string of the molecule is C[S+]([O-])CCCNC(=O)c1cc(-c2ccc(OC(F)(F)F)cc2)cs1. The zero-order chi connectivity index (χ0) is 18.4. The van der Waals surface area contributed by atoms with Crippen molar-refractivity contribution in [3.63, 3.8) is 0 Å². The van der Waals surface area contributed by atoms with Crippen molar-refractivity contribution < 1.29 is 27.3 Å². The Hall–Kier alpha value is -1.71. The number of halogens is 3. The Morgan fingerprint density at radius 3 is 2.56 bits per heavy atom. The molecule has 1 aromatic heterocycles. The van der Waals surface area contributed by atoms with Gasteiger partial charge < -0.3 is 14.6 Å². The second-order valence-electron chi connectivity index (χ2n) is 5.16. The molecule has 0 radical (unpaired) electrons. The van der Waals surface area contributed by atoms with Crippen molar-refractivity contribution >= 4 is 28.4 Å². The van der Waals surface area contributed by atoms with Gasteiger partial charge in [-0.2, -0.15) is 0 Å². The van der Waals surface area contributed by atoms with E-state index in [1.54, 1.807) is 17.7 Å². The normalized spacial score (nSPS) is 12.7. The first-order valence-electron chi connectivity index (χ1n) is 7.27. The first-order valence-corrected chi connectivity index (χ1v) is 9.88. The smallest absolute Gasteiger partial charge is 0.573 e. The van der Waals surface area contributed by atoms with Crippen molar-refractivity contribution in [2.24, 2.45) is 0 Å². The van der Waals surface area contributed by atoms with Crippen LogP contribution in [-0.4, -0.2) is 35.4 Å². The van der Waals surface area contributed by atoms with Gasteiger partial charge in [0.25, 0.3) is 5.91 Å². The fourth-order valence-electron chi connectivity index (χ4n) is 2.02. The maximum Gasteiger partial charge on any atom is 0.573 e. The Balaban J connectivity index is 1.95. The van der Waals surface area contributed by atoms with Crippen LogP contribution in [0.3, 0.4) is 0 Å². The standard InChI is InChI=1S/C16H16F3NO3S2/c1-25(22)8-2-7-20-15(21)14-9-12(10-24-14)11-3-5-13(6-4-11)23-16(17,18)19/h3-6,9-10H,2,7-8H2,1H3,(H,20,21). The quantitative estimate of drug-likeness (QED) is 0.577. The zero-order valence-electron chi connectivity index (χ0n) is 13.3. The van der Waals surface area contributed by atoms with Crippen LogP contribution in [0, 0.1) is 0 Å². The predicted molar refractivity (Wildman–Crippen MR) is 92.3 cm³/mol. The topological polar surface area (TPSA) is 61.4 Å². The molecule has 1 atom stereocenters. The molecule has 0 aliphatic carbocycles. The van der Waals surface area contributed by atoms with Crippen molar-refractivity contribution in [3.05, 3.63) is 40.6 Å². The van der Waals surface area contributed by atoms with E-state index in [0.29, 0.717) is 29.2 Å². The number of hydrogen-bond donors (Lipinski definition) is 1. The minimum atomic E-state index is -4.72. The average Bonchev–Trinajstić information content (AvgIpc) is 3.00. The predicted octanol–water partition coefficient (Wildman–Crippen LogP) is 3.81. The molecule has 1 heterocycles. The van der Waals surface area contributed by atoms with Gasteiger partial charge in [0.1, 0.15) is 11.5 Å². The van der Waals surface area contributed by atoms with Gasteiger partial charge in [-0.15, -0.1) is 24.5 Å². The number of thiophene rings is 1. The molecule has 1 aromatic carbocycles. The third kappa shape index (κ3) is 6.60. The fraction of sp³-hybridized carbons (Fsp3) is 0.312. The highest BCUT2D eigenvalue weighted by Crippen LogP contribution is 2.29. The third-order valence-electron chi connectivity index (χ3n) is 3.14. The lowest BCUT2D eigenvalue weighted by Crippen LogP contribution is -2.25. The number of rotatable bonds is 7. The van der Waals surface area contributed by atoms with E-state index in [-0.39, 0.29) is 11.7 Å². The summed E-state index contributed by atoms with van der Waals surface area (Å²) in [6, 6.07) is 7.14. The van der Waals surface area contributed by atoms with Crippen molar-refractivity contribution in [1.29, 1.82) is 0 Å². The van der Waals surface area contributed by atoms with Gasteiger partial charge in [-0.05, 0) is 34.7 Å². The van der Waals surface area contributed by atoms with Gasteiger partial charge in [-0.3, -0.25) is 4.79 Å². The Morgan fingerprint density at radius 1 is 1.28 bits per heavy atom. The number of alkyl halides is 3. The number of amides is 1. The van der Waals surface area contributed by atoms with Gasteiger partial charge in [0.05, 0.1) is 11.1 Å². The molecule has 136 valence electrons. The minimum Gasteiger partial charge on any atom is -0.617 e. The number of carbonyl (C=O) groups is 1. The van der Waals surface area contributed by atoms with Gasteiger partial charge in [-0.1, -0.05) is 23.3 Å². The number of benzene rings is 1. The van der Waals surface area contributed by atoms with E-state index in [4.69, 9.17) is 0 Å². The molecule has 0 saturated heterocycles. The molecule has 0 spiro atoms. The Bertz CT molecular complexity index is 699. The van der Waals surface area contributed by atoms with Crippen molar-refractivity contribution in [1.82, 2.24) is 5.32 Å². The number of ether oxygens (including phenoxy) is 1. The van der Waals surface area contributed by atoms with E-state index in [9.17, 15) is 22.5 Å². The molecule has 0 bridgehead atoms. The molecule has 2 aromatic rings. The molecule has 4 nitrogen and oxygen atoms in total. The summed E-state index contributed by atoms with van der Waals surface area (Å²) in [5, 5.41) is 4.51. The van der Waals surface area contributed by atoms with Crippen LogP contribution >= 0.6 is 11.3 Å². The lowest BCUT2D eigenvalue weighted by atomic mass is 10.1. The summed E-state index contributed by atoms with van der Waals surface area (Å²) in [6.45, 7) is 0.440. The Morgan fingerprint density at radius 2 is 1.96 bits per heavy atom. The van der Waals surface area contributed by atoms with Gasteiger partial charge in [0.2, 0.25) is 0 Å². The van der Waals surface area contributed by atoms with E-state index in [1.165, 1.54) is 35.6 Å². The average molecular weight is 391 g/mol. The summed E-state index contributed by atoms with van der Waals surface area (Å²) in [4.78, 5) is 12.5. The van der Waals surface area contributed by atoms with Crippen molar-refractivity contribution in [2.75, 3.05) is 18.6 Å².